The van der Waals surface area contributed by atoms with Crippen LogP contribution in [-0.2, 0) is 6.54 Å². The molecule has 1 aliphatic carbocycles. The van der Waals surface area contributed by atoms with Crippen LogP contribution in [0.15, 0.2) is 23.1 Å². The first kappa shape index (κ1) is 12.6. The Morgan fingerprint density at radius 2 is 2.20 bits per heavy atom. The smallest absolute Gasteiger partial charge is 0.0658 e. The van der Waals surface area contributed by atoms with Gasteiger partial charge in [-0.1, -0.05) is 0 Å². The van der Waals surface area contributed by atoms with Crippen molar-refractivity contribution in [2.75, 3.05) is 13.1 Å². The highest BCUT2D eigenvalue weighted by Crippen LogP contribution is 2.40. The summed E-state index contributed by atoms with van der Waals surface area (Å²) in [6.07, 6.45) is 9.75. The van der Waals surface area contributed by atoms with Crippen LogP contribution in [0.2, 0.25) is 0 Å². The lowest BCUT2D eigenvalue weighted by Crippen LogP contribution is -2.21. The van der Waals surface area contributed by atoms with Crippen molar-refractivity contribution in [1.29, 1.82) is 0 Å². The summed E-state index contributed by atoms with van der Waals surface area (Å²) in [6, 6.07) is 0.498. The molecule has 0 aromatic carbocycles. The van der Waals surface area contributed by atoms with Crippen LogP contribution >= 0.6 is 15.9 Å². The van der Waals surface area contributed by atoms with E-state index in [-0.39, 0.29) is 0 Å². The molecule has 2 fully saturated rings. The molecule has 106 valence electrons. The Morgan fingerprint density at radius 1 is 1.30 bits per heavy atom. The number of hydrogen-bond acceptors (Lipinski definition) is 3. The summed E-state index contributed by atoms with van der Waals surface area (Å²) in [5.74, 6) is 0.743. The highest BCUT2D eigenvalue weighted by molar-refractivity contribution is 9.10. The molecule has 2 aromatic heterocycles. The molecule has 0 amide bonds. The topological polar surface area (TPSA) is 49.7 Å². The minimum Gasteiger partial charge on any atom is -0.297 e. The largest absolute Gasteiger partial charge is 0.297 e. The van der Waals surface area contributed by atoms with E-state index in [4.69, 9.17) is 0 Å². The van der Waals surface area contributed by atoms with Crippen molar-refractivity contribution >= 4 is 15.9 Å². The van der Waals surface area contributed by atoms with Crippen molar-refractivity contribution in [2.45, 2.75) is 37.8 Å². The van der Waals surface area contributed by atoms with Crippen LogP contribution in [-0.4, -0.2) is 38.0 Å². The van der Waals surface area contributed by atoms with Gasteiger partial charge in [-0.25, -0.2) is 0 Å². The lowest BCUT2D eigenvalue weighted by Gasteiger charge is -2.16. The molecule has 20 heavy (non-hydrogen) atoms. The van der Waals surface area contributed by atoms with Crippen LogP contribution in [0.4, 0.5) is 0 Å². The second kappa shape index (κ2) is 5.00. The van der Waals surface area contributed by atoms with Crippen molar-refractivity contribution in [3.63, 3.8) is 0 Å². The molecule has 2 aromatic rings. The van der Waals surface area contributed by atoms with E-state index in [2.05, 4.69) is 47.0 Å². The van der Waals surface area contributed by atoms with Gasteiger partial charge in [0.15, 0.2) is 0 Å². The first-order valence-electron chi connectivity index (χ1n) is 7.24. The number of H-pyrrole nitrogens is 1. The maximum atomic E-state index is 4.41. The molecule has 2 aliphatic rings. The molecule has 0 spiro atoms. The molecule has 1 aliphatic heterocycles. The van der Waals surface area contributed by atoms with Gasteiger partial charge in [0.05, 0.1) is 22.9 Å². The molecule has 0 radical (unpaired) electrons. The summed E-state index contributed by atoms with van der Waals surface area (Å²) in [6.45, 7) is 3.22. The van der Waals surface area contributed by atoms with Gasteiger partial charge in [-0.2, -0.15) is 10.2 Å². The maximum absolute atomic E-state index is 4.41. The van der Waals surface area contributed by atoms with E-state index in [1.165, 1.54) is 30.5 Å². The maximum Gasteiger partial charge on any atom is 0.0658 e. The van der Waals surface area contributed by atoms with E-state index in [0.717, 1.165) is 30.0 Å². The number of halogens is 1. The highest BCUT2D eigenvalue weighted by Gasteiger charge is 2.30. The average Bonchev–Trinajstić information content (AvgIpc) is 2.87. The van der Waals surface area contributed by atoms with E-state index in [1.54, 1.807) is 0 Å². The van der Waals surface area contributed by atoms with Crippen molar-refractivity contribution in [1.82, 2.24) is 24.9 Å². The SMILES string of the molecule is Brc1cnn(C2CCN(Cc3cn[nH]c3C3CC3)C2)c1. The molecule has 3 heterocycles. The van der Waals surface area contributed by atoms with Gasteiger partial charge in [0.25, 0.3) is 0 Å². The van der Waals surface area contributed by atoms with E-state index >= 15 is 0 Å². The van der Waals surface area contributed by atoms with Gasteiger partial charge < -0.3 is 0 Å². The Labute approximate surface area is 126 Å². The van der Waals surface area contributed by atoms with Crippen molar-refractivity contribution in [3.8, 4) is 0 Å². The summed E-state index contributed by atoms with van der Waals surface area (Å²) >= 11 is 3.47. The summed E-state index contributed by atoms with van der Waals surface area (Å²) in [5, 5.41) is 11.8. The summed E-state index contributed by atoms with van der Waals surface area (Å²) < 4.78 is 3.14. The zero-order valence-electron chi connectivity index (χ0n) is 11.3. The van der Waals surface area contributed by atoms with Crippen molar-refractivity contribution in [3.05, 3.63) is 34.3 Å². The number of aromatic amines is 1. The molecule has 1 unspecified atom stereocenters. The number of nitrogens with one attached hydrogen (secondary N) is 1. The van der Waals surface area contributed by atoms with Crippen molar-refractivity contribution < 1.29 is 0 Å². The van der Waals surface area contributed by atoms with Gasteiger partial charge in [-0.3, -0.25) is 14.7 Å². The highest BCUT2D eigenvalue weighted by atomic mass is 79.9. The predicted octanol–water partition coefficient (Wildman–Crippen LogP) is 2.69. The minimum absolute atomic E-state index is 0.498. The Kier molecular flexibility index (Phi) is 3.15. The van der Waals surface area contributed by atoms with Gasteiger partial charge in [-0.05, 0) is 35.2 Å². The van der Waals surface area contributed by atoms with Crippen LogP contribution in [0.25, 0.3) is 0 Å². The molecule has 1 N–H and O–H groups in total. The van der Waals surface area contributed by atoms with Crippen LogP contribution in [0, 0.1) is 0 Å². The molecule has 5 nitrogen and oxygen atoms in total. The first-order chi connectivity index (χ1) is 9.79. The molecule has 1 atom stereocenters. The fraction of sp³-hybridized carbons (Fsp3) is 0.571. The van der Waals surface area contributed by atoms with Crippen molar-refractivity contribution in [2.24, 2.45) is 0 Å². The predicted molar refractivity (Wildman–Crippen MR) is 79.4 cm³/mol. The Morgan fingerprint density at radius 3 is 2.95 bits per heavy atom. The molecule has 1 saturated carbocycles. The zero-order chi connectivity index (χ0) is 13.5. The fourth-order valence-corrected chi connectivity index (χ4v) is 3.40. The molecular formula is C14H18BrN5. The summed E-state index contributed by atoms with van der Waals surface area (Å²) in [5.41, 5.74) is 2.75. The van der Waals surface area contributed by atoms with Gasteiger partial charge in [-0.15, -0.1) is 0 Å². The number of rotatable bonds is 4. The Balaban J connectivity index is 1.42. The standard InChI is InChI=1S/C14H18BrN5/c15-12-6-17-20(8-12)13-3-4-19(9-13)7-11-5-16-18-14(11)10-1-2-10/h5-6,8,10,13H,1-4,7,9H2,(H,16,18). The number of nitrogens with zero attached hydrogens (tertiary/aromatic N) is 4. The van der Waals surface area contributed by atoms with Crippen LogP contribution in [0.5, 0.6) is 0 Å². The normalized spacial score (nSPS) is 23.6. The third-order valence-corrected chi connectivity index (χ3v) is 4.73. The molecule has 0 bridgehead atoms. The molecular weight excluding hydrogens is 318 g/mol. The zero-order valence-corrected chi connectivity index (χ0v) is 12.9. The minimum atomic E-state index is 0.498. The number of hydrogen-bond donors (Lipinski definition) is 1. The second-order valence-corrected chi connectivity index (χ2v) is 6.82. The van der Waals surface area contributed by atoms with Gasteiger partial charge in [0, 0.05) is 43.0 Å². The molecule has 1 saturated heterocycles. The summed E-state index contributed by atoms with van der Waals surface area (Å²) in [4.78, 5) is 2.51. The van der Waals surface area contributed by atoms with Crippen LogP contribution in [0.1, 0.15) is 42.5 Å². The van der Waals surface area contributed by atoms with E-state index in [9.17, 15) is 0 Å². The Hall–Kier alpha value is -1.14. The third-order valence-electron chi connectivity index (χ3n) is 4.32. The average molecular weight is 336 g/mol. The third kappa shape index (κ3) is 2.42. The van der Waals surface area contributed by atoms with Gasteiger partial charge >= 0.3 is 0 Å². The lowest BCUT2D eigenvalue weighted by atomic mass is 10.2. The van der Waals surface area contributed by atoms with Crippen LogP contribution in [0.3, 0.4) is 0 Å². The molecule has 6 heteroatoms. The van der Waals surface area contributed by atoms with E-state index in [0.29, 0.717) is 6.04 Å². The number of likely N-dealkylation sites (tertiary alicyclic amines) is 1. The first-order valence-corrected chi connectivity index (χ1v) is 8.03. The Bertz CT molecular complexity index is 600. The van der Waals surface area contributed by atoms with Gasteiger partial charge in [0.1, 0.15) is 0 Å². The van der Waals surface area contributed by atoms with E-state index < -0.39 is 0 Å². The fourth-order valence-electron chi connectivity index (χ4n) is 3.10. The van der Waals surface area contributed by atoms with E-state index in [1.807, 2.05) is 12.4 Å². The van der Waals surface area contributed by atoms with Crippen LogP contribution < -0.4 is 0 Å². The second-order valence-electron chi connectivity index (χ2n) is 5.90. The quantitative estimate of drug-likeness (QED) is 0.934. The summed E-state index contributed by atoms with van der Waals surface area (Å²) in [7, 11) is 0. The lowest BCUT2D eigenvalue weighted by molar-refractivity contribution is 0.311. The number of aromatic nitrogens is 4. The van der Waals surface area contributed by atoms with Gasteiger partial charge in [0.2, 0.25) is 0 Å². The molecule has 4 rings (SSSR count). The monoisotopic (exact) mass is 335 g/mol.